The Morgan fingerprint density at radius 1 is 1.37 bits per heavy atom. The SMILES string of the molecule is CCC(C)(NN)c1nnnn1Cc1ccc(Cl)cc1. The van der Waals surface area contributed by atoms with Crippen LogP contribution in [0.4, 0.5) is 0 Å². The van der Waals surface area contributed by atoms with Gasteiger partial charge in [0.25, 0.3) is 0 Å². The molecule has 0 spiro atoms. The second-order valence-corrected chi connectivity index (χ2v) is 5.05. The average molecular weight is 281 g/mol. The molecule has 1 aromatic heterocycles. The molecule has 19 heavy (non-hydrogen) atoms. The number of hydrazine groups is 1. The van der Waals surface area contributed by atoms with Gasteiger partial charge in [-0.2, -0.15) is 0 Å². The number of nitrogens with two attached hydrogens (primary N) is 1. The van der Waals surface area contributed by atoms with E-state index in [1.807, 2.05) is 38.1 Å². The third-order valence-corrected chi connectivity index (χ3v) is 3.55. The topological polar surface area (TPSA) is 81.7 Å². The highest BCUT2D eigenvalue weighted by molar-refractivity contribution is 6.30. The van der Waals surface area contributed by atoms with Gasteiger partial charge in [-0.3, -0.25) is 5.84 Å². The molecule has 3 N–H and O–H groups in total. The molecule has 102 valence electrons. The molecule has 2 rings (SSSR count). The quantitative estimate of drug-likeness (QED) is 0.640. The molecule has 0 bridgehead atoms. The summed E-state index contributed by atoms with van der Waals surface area (Å²) in [6, 6.07) is 7.60. The second kappa shape index (κ2) is 5.64. The van der Waals surface area contributed by atoms with Crippen molar-refractivity contribution in [2.75, 3.05) is 0 Å². The van der Waals surface area contributed by atoms with E-state index in [1.165, 1.54) is 0 Å². The number of aromatic nitrogens is 4. The molecule has 0 amide bonds. The molecule has 1 heterocycles. The molecule has 0 aliphatic heterocycles. The third kappa shape index (κ3) is 2.91. The van der Waals surface area contributed by atoms with E-state index in [9.17, 15) is 0 Å². The van der Waals surface area contributed by atoms with Gasteiger partial charge in [-0.1, -0.05) is 30.7 Å². The Kier molecular flexibility index (Phi) is 4.14. The van der Waals surface area contributed by atoms with E-state index in [1.54, 1.807) is 4.68 Å². The minimum absolute atomic E-state index is 0.448. The van der Waals surface area contributed by atoms with E-state index in [2.05, 4.69) is 21.0 Å². The summed E-state index contributed by atoms with van der Waals surface area (Å²) in [5.74, 6) is 6.33. The van der Waals surface area contributed by atoms with Crippen LogP contribution in [-0.2, 0) is 12.1 Å². The molecular formula is C12H17ClN6. The predicted octanol–water partition coefficient (Wildman–Crippen LogP) is 1.46. The van der Waals surface area contributed by atoms with Crippen LogP contribution in [0.15, 0.2) is 24.3 Å². The fourth-order valence-corrected chi connectivity index (χ4v) is 1.92. The number of benzene rings is 1. The Hall–Kier alpha value is -1.50. The van der Waals surface area contributed by atoms with Crippen LogP contribution in [0.25, 0.3) is 0 Å². The van der Waals surface area contributed by atoms with Crippen molar-refractivity contribution < 1.29 is 0 Å². The smallest absolute Gasteiger partial charge is 0.172 e. The summed E-state index contributed by atoms with van der Waals surface area (Å²) < 4.78 is 1.74. The molecule has 0 saturated carbocycles. The molecule has 1 unspecified atom stereocenters. The van der Waals surface area contributed by atoms with E-state index in [4.69, 9.17) is 17.4 Å². The van der Waals surface area contributed by atoms with Gasteiger partial charge in [0.15, 0.2) is 5.82 Å². The molecule has 6 nitrogen and oxygen atoms in total. The van der Waals surface area contributed by atoms with Gasteiger partial charge in [0, 0.05) is 5.02 Å². The van der Waals surface area contributed by atoms with E-state index < -0.39 is 5.54 Å². The van der Waals surface area contributed by atoms with Gasteiger partial charge in [-0.05, 0) is 41.5 Å². The minimum Gasteiger partial charge on any atom is -0.271 e. The maximum atomic E-state index is 5.87. The van der Waals surface area contributed by atoms with E-state index in [0.717, 1.165) is 12.0 Å². The monoisotopic (exact) mass is 280 g/mol. The number of hydrogen-bond acceptors (Lipinski definition) is 5. The van der Waals surface area contributed by atoms with Crippen LogP contribution < -0.4 is 11.3 Å². The fourth-order valence-electron chi connectivity index (χ4n) is 1.79. The van der Waals surface area contributed by atoms with E-state index in [0.29, 0.717) is 17.4 Å². The molecule has 0 aliphatic carbocycles. The van der Waals surface area contributed by atoms with Gasteiger partial charge in [-0.25, -0.2) is 10.1 Å². The van der Waals surface area contributed by atoms with Crippen molar-refractivity contribution in [1.82, 2.24) is 25.6 Å². The van der Waals surface area contributed by atoms with Crippen molar-refractivity contribution in [3.63, 3.8) is 0 Å². The van der Waals surface area contributed by atoms with Crippen LogP contribution >= 0.6 is 11.6 Å². The second-order valence-electron chi connectivity index (χ2n) is 4.62. The maximum Gasteiger partial charge on any atom is 0.172 e. The van der Waals surface area contributed by atoms with Crippen LogP contribution in [0.1, 0.15) is 31.7 Å². The van der Waals surface area contributed by atoms with Crippen LogP contribution in [0, 0.1) is 0 Å². The lowest BCUT2D eigenvalue weighted by Crippen LogP contribution is -2.45. The summed E-state index contributed by atoms with van der Waals surface area (Å²) >= 11 is 5.87. The van der Waals surface area contributed by atoms with Crippen LogP contribution in [0.3, 0.4) is 0 Å². The third-order valence-electron chi connectivity index (χ3n) is 3.30. The van der Waals surface area contributed by atoms with E-state index in [-0.39, 0.29) is 0 Å². The lowest BCUT2D eigenvalue weighted by molar-refractivity contribution is 0.323. The summed E-state index contributed by atoms with van der Waals surface area (Å²) in [5, 5.41) is 12.5. The first kappa shape index (κ1) is 13.9. The number of nitrogens with one attached hydrogen (secondary N) is 1. The molecule has 1 atom stereocenters. The van der Waals surface area contributed by atoms with Crippen molar-refractivity contribution >= 4 is 11.6 Å². The Morgan fingerprint density at radius 3 is 2.63 bits per heavy atom. The Bertz CT molecular complexity index is 531. The molecule has 1 aromatic carbocycles. The highest BCUT2D eigenvalue weighted by Crippen LogP contribution is 2.21. The van der Waals surface area contributed by atoms with Gasteiger partial charge in [0.2, 0.25) is 0 Å². The van der Waals surface area contributed by atoms with Crippen molar-refractivity contribution in [2.24, 2.45) is 5.84 Å². The zero-order chi connectivity index (χ0) is 13.9. The Balaban J connectivity index is 2.27. The molecule has 0 aliphatic rings. The lowest BCUT2D eigenvalue weighted by atomic mass is 9.99. The maximum absolute atomic E-state index is 5.87. The molecule has 0 fully saturated rings. The summed E-state index contributed by atoms with van der Waals surface area (Å²) in [6.45, 7) is 4.58. The van der Waals surface area contributed by atoms with Crippen LogP contribution in [-0.4, -0.2) is 20.2 Å². The van der Waals surface area contributed by atoms with Gasteiger partial charge in [0.05, 0.1) is 12.1 Å². The molecular weight excluding hydrogens is 264 g/mol. The first-order chi connectivity index (χ1) is 9.09. The summed E-state index contributed by atoms with van der Waals surface area (Å²) in [7, 11) is 0. The first-order valence-corrected chi connectivity index (χ1v) is 6.45. The number of halogens is 1. The highest BCUT2D eigenvalue weighted by atomic mass is 35.5. The summed E-state index contributed by atoms with van der Waals surface area (Å²) in [5.41, 5.74) is 3.41. The number of hydrogen-bond donors (Lipinski definition) is 2. The number of tetrazole rings is 1. The van der Waals surface area contributed by atoms with Crippen LogP contribution in [0.2, 0.25) is 5.02 Å². The van der Waals surface area contributed by atoms with Crippen molar-refractivity contribution in [3.05, 3.63) is 40.7 Å². The van der Waals surface area contributed by atoms with Gasteiger partial charge in [-0.15, -0.1) is 5.10 Å². The predicted molar refractivity (Wildman–Crippen MR) is 73.3 cm³/mol. The van der Waals surface area contributed by atoms with Crippen molar-refractivity contribution in [2.45, 2.75) is 32.4 Å². The molecule has 2 aromatic rings. The van der Waals surface area contributed by atoms with Gasteiger partial charge >= 0.3 is 0 Å². The van der Waals surface area contributed by atoms with Crippen LogP contribution in [0.5, 0.6) is 0 Å². The van der Waals surface area contributed by atoms with Gasteiger partial charge in [0.1, 0.15) is 0 Å². The van der Waals surface area contributed by atoms with Crippen molar-refractivity contribution in [1.29, 1.82) is 0 Å². The number of rotatable bonds is 5. The number of nitrogens with zero attached hydrogens (tertiary/aromatic N) is 4. The molecule has 7 heteroatoms. The fraction of sp³-hybridized carbons (Fsp3) is 0.417. The van der Waals surface area contributed by atoms with Crippen molar-refractivity contribution in [3.8, 4) is 0 Å². The largest absolute Gasteiger partial charge is 0.271 e. The minimum atomic E-state index is -0.448. The zero-order valence-corrected chi connectivity index (χ0v) is 11.7. The standard InChI is InChI=1S/C12H17ClN6/c1-3-12(2,16-14)11-15-17-18-19(11)8-9-4-6-10(13)7-5-9/h4-7,16H,3,8,14H2,1-2H3. The average Bonchev–Trinajstić information content (AvgIpc) is 2.89. The Morgan fingerprint density at radius 2 is 2.05 bits per heavy atom. The Labute approximate surface area is 116 Å². The summed E-state index contributed by atoms with van der Waals surface area (Å²) in [6.07, 6.45) is 0.782. The normalized spacial score (nSPS) is 14.3. The van der Waals surface area contributed by atoms with Gasteiger partial charge < -0.3 is 0 Å². The summed E-state index contributed by atoms with van der Waals surface area (Å²) in [4.78, 5) is 0. The molecule has 0 saturated heterocycles. The highest BCUT2D eigenvalue weighted by Gasteiger charge is 2.29. The first-order valence-electron chi connectivity index (χ1n) is 6.08. The van der Waals surface area contributed by atoms with E-state index >= 15 is 0 Å². The molecule has 0 radical (unpaired) electrons. The lowest BCUT2D eigenvalue weighted by Gasteiger charge is -2.25. The zero-order valence-electron chi connectivity index (χ0n) is 11.0.